The van der Waals surface area contributed by atoms with E-state index in [2.05, 4.69) is 0 Å². The number of carbonyl (C=O) groups excluding carboxylic acids is 1. The van der Waals surface area contributed by atoms with Crippen molar-refractivity contribution in [2.45, 2.75) is 20.8 Å². The normalized spacial score (nSPS) is 10.4. The van der Waals surface area contributed by atoms with E-state index in [1.807, 2.05) is 26.8 Å². The number of ether oxygens (including phenoxy) is 1. The predicted octanol–water partition coefficient (Wildman–Crippen LogP) is 2.58. The molecule has 0 aliphatic rings. The van der Waals surface area contributed by atoms with Crippen LogP contribution >= 0.6 is 11.3 Å². The Bertz CT molecular complexity index is 282. The number of Topliss-reactive ketones (excluding diaryl/α,β-unsaturated/α-hetero) is 1. The standard InChI is InChI=1S/C10H14O2S/c1-4-12-6-9(11)10-5-7(2)8(3)13-10/h5H,4,6H2,1-3H3. The van der Waals surface area contributed by atoms with Crippen molar-refractivity contribution in [1.82, 2.24) is 0 Å². The van der Waals surface area contributed by atoms with Crippen molar-refractivity contribution in [3.8, 4) is 0 Å². The van der Waals surface area contributed by atoms with E-state index < -0.39 is 0 Å². The molecule has 0 saturated heterocycles. The number of thiophene rings is 1. The largest absolute Gasteiger partial charge is 0.374 e. The molecule has 0 unspecified atom stereocenters. The van der Waals surface area contributed by atoms with Crippen LogP contribution in [0.3, 0.4) is 0 Å². The summed E-state index contributed by atoms with van der Waals surface area (Å²) in [6.45, 7) is 6.73. The van der Waals surface area contributed by atoms with Crippen LogP contribution in [0.25, 0.3) is 0 Å². The Hall–Kier alpha value is -0.670. The molecule has 0 spiro atoms. The van der Waals surface area contributed by atoms with Crippen LogP contribution in [0.15, 0.2) is 6.07 Å². The zero-order chi connectivity index (χ0) is 9.84. The number of hydrogen-bond donors (Lipinski definition) is 0. The maximum absolute atomic E-state index is 11.5. The lowest BCUT2D eigenvalue weighted by molar-refractivity contribution is 0.0787. The van der Waals surface area contributed by atoms with Gasteiger partial charge in [-0.05, 0) is 32.4 Å². The molecule has 72 valence electrons. The topological polar surface area (TPSA) is 26.3 Å². The van der Waals surface area contributed by atoms with Crippen LogP contribution in [0.5, 0.6) is 0 Å². The number of aryl methyl sites for hydroxylation is 2. The van der Waals surface area contributed by atoms with Gasteiger partial charge in [-0.25, -0.2) is 0 Å². The third kappa shape index (κ3) is 2.64. The molecule has 0 aliphatic heterocycles. The third-order valence-corrected chi connectivity index (χ3v) is 3.07. The number of hydrogen-bond acceptors (Lipinski definition) is 3. The third-order valence-electron chi connectivity index (χ3n) is 1.88. The van der Waals surface area contributed by atoms with E-state index in [9.17, 15) is 4.79 Å². The van der Waals surface area contributed by atoms with E-state index >= 15 is 0 Å². The molecule has 1 aromatic heterocycles. The van der Waals surface area contributed by atoms with Crippen molar-refractivity contribution in [3.05, 3.63) is 21.4 Å². The van der Waals surface area contributed by atoms with Gasteiger partial charge < -0.3 is 4.74 Å². The summed E-state index contributed by atoms with van der Waals surface area (Å²) in [5.74, 6) is 0.0862. The van der Waals surface area contributed by atoms with E-state index in [4.69, 9.17) is 4.74 Å². The fourth-order valence-electron chi connectivity index (χ4n) is 0.976. The number of ketones is 1. The average Bonchev–Trinajstić information content (AvgIpc) is 2.43. The van der Waals surface area contributed by atoms with Gasteiger partial charge in [-0.1, -0.05) is 0 Å². The molecule has 1 aromatic rings. The second kappa shape index (κ2) is 4.53. The van der Waals surface area contributed by atoms with Gasteiger partial charge in [0.2, 0.25) is 0 Å². The molecular formula is C10H14O2S. The van der Waals surface area contributed by atoms with Gasteiger partial charge in [0.1, 0.15) is 6.61 Å². The van der Waals surface area contributed by atoms with E-state index in [1.165, 1.54) is 10.4 Å². The van der Waals surface area contributed by atoms with Crippen molar-refractivity contribution < 1.29 is 9.53 Å². The predicted molar refractivity (Wildman–Crippen MR) is 54.6 cm³/mol. The second-order valence-electron chi connectivity index (χ2n) is 2.91. The minimum atomic E-state index is 0.0862. The van der Waals surface area contributed by atoms with Crippen LogP contribution in [0.2, 0.25) is 0 Å². The van der Waals surface area contributed by atoms with Crippen LogP contribution in [0.4, 0.5) is 0 Å². The first-order valence-corrected chi connectivity index (χ1v) is 5.14. The summed E-state index contributed by atoms with van der Waals surface area (Å²) in [4.78, 5) is 13.5. The summed E-state index contributed by atoms with van der Waals surface area (Å²) >= 11 is 1.54. The molecule has 13 heavy (non-hydrogen) atoms. The van der Waals surface area contributed by atoms with Crippen LogP contribution in [0.1, 0.15) is 27.0 Å². The molecule has 0 aromatic carbocycles. The second-order valence-corrected chi connectivity index (χ2v) is 4.17. The van der Waals surface area contributed by atoms with Crippen molar-refractivity contribution in [1.29, 1.82) is 0 Å². The SMILES string of the molecule is CCOCC(=O)c1cc(C)c(C)s1. The number of carbonyl (C=O) groups is 1. The lowest BCUT2D eigenvalue weighted by atomic mass is 10.2. The van der Waals surface area contributed by atoms with Gasteiger partial charge >= 0.3 is 0 Å². The minimum Gasteiger partial charge on any atom is -0.374 e. The van der Waals surface area contributed by atoms with Crippen molar-refractivity contribution >= 4 is 17.1 Å². The summed E-state index contributed by atoms with van der Waals surface area (Å²) in [5, 5.41) is 0. The molecule has 1 rings (SSSR count). The summed E-state index contributed by atoms with van der Waals surface area (Å²) in [7, 11) is 0. The van der Waals surface area contributed by atoms with Crippen LogP contribution in [-0.2, 0) is 4.74 Å². The molecule has 0 saturated carbocycles. The molecule has 0 radical (unpaired) electrons. The van der Waals surface area contributed by atoms with E-state index in [0.29, 0.717) is 6.61 Å². The van der Waals surface area contributed by atoms with Crippen LogP contribution in [-0.4, -0.2) is 19.0 Å². The Morgan fingerprint density at radius 2 is 2.23 bits per heavy atom. The van der Waals surface area contributed by atoms with Crippen LogP contribution < -0.4 is 0 Å². The van der Waals surface area contributed by atoms with Crippen LogP contribution in [0, 0.1) is 13.8 Å². The fraction of sp³-hybridized carbons (Fsp3) is 0.500. The molecule has 0 amide bonds. The lowest BCUT2D eigenvalue weighted by Crippen LogP contribution is -2.06. The molecule has 0 atom stereocenters. The average molecular weight is 198 g/mol. The Morgan fingerprint density at radius 3 is 2.69 bits per heavy atom. The molecule has 0 fully saturated rings. The maximum atomic E-state index is 11.5. The van der Waals surface area contributed by atoms with Gasteiger partial charge in [0.15, 0.2) is 5.78 Å². The fourth-order valence-corrected chi connectivity index (χ4v) is 1.93. The van der Waals surface area contributed by atoms with Gasteiger partial charge in [0.25, 0.3) is 0 Å². The van der Waals surface area contributed by atoms with Crippen molar-refractivity contribution in [3.63, 3.8) is 0 Å². The Morgan fingerprint density at radius 1 is 1.54 bits per heavy atom. The first-order valence-electron chi connectivity index (χ1n) is 4.33. The van der Waals surface area contributed by atoms with Gasteiger partial charge in [-0.3, -0.25) is 4.79 Å². The Kier molecular flexibility index (Phi) is 3.63. The van der Waals surface area contributed by atoms with Gasteiger partial charge in [0, 0.05) is 11.5 Å². The minimum absolute atomic E-state index is 0.0862. The quantitative estimate of drug-likeness (QED) is 0.695. The van der Waals surface area contributed by atoms with Gasteiger partial charge in [0.05, 0.1) is 4.88 Å². The van der Waals surface area contributed by atoms with Crippen molar-refractivity contribution in [2.75, 3.05) is 13.2 Å². The van der Waals surface area contributed by atoms with E-state index in [0.717, 1.165) is 4.88 Å². The van der Waals surface area contributed by atoms with E-state index in [-0.39, 0.29) is 12.4 Å². The molecular weight excluding hydrogens is 184 g/mol. The molecule has 1 heterocycles. The van der Waals surface area contributed by atoms with E-state index in [1.54, 1.807) is 11.3 Å². The summed E-state index contributed by atoms with van der Waals surface area (Å²) < 4.78 is 5.06. The molecule has 2 nitrogen and oxygen atoms in total. The molecule has 0 aliphatic carbocycles. The smallest absolute Gasteiger partial charge is 0.198 e. The van der Waals surface area contributed by atoms with Gasteiger partial charge in [-0.2, -0.15) is 0 Å². The highest BCUT2D eigenvalue weighted by Crippen LogP contribution is 2.20. The zero-order valence-electron chi connectivity index (χ0n) is 8.22. The first-order chi connectivity index (χ1) is 6.15. The van der Waals surface area contributed by atoms with Crippen molar-refractivity contribution in [2.24, 2.45) is 0 Å². The Balaban J connectivity index is 2.66. The maximum Gasteiger partial charge on any atom is 0.198 e. The zero-order valence-corrected chi connectivity index (χ0v) is 9.03. The molecule has 0 bridgehead atoms. The number of rotatable bonds is 4. The highest BCUT2D eigenvalue weighted by Gasteiger charge is 2.09. The van der Waals surface area contributed by atoms with Gasteiger partial charge in [-0.15, -0.1) is 11.3 Å². The monoisotopic (exact) mass is 198 g/mol. The Labute approximate surface area is 82.5 Å². The first kappa shape index (κ1) is 10.4. The highest BCUT2D eigenvalue weighted by atomic mass is 32.1. The lowest BCUT2D eigenvalue weighted by Gasteiger charge is -1.96. The summed E-state index contributed by atoms with van der Waals surface area (Å²) in [5.41, 5.74) is 1.19. The summed E-state index contributed by atoms with van der Waals surface area (Å²) in [6, 6.07) is 1.93. The highest BCUT2D eigenvalue weighted by molar-refractivity contribution is 7.14. The molecule has 3 heteroatoms. The molecule has 0 N–H and O–H groups in total. The summed E-state index contributed by atoms with van der Waals surface area (Å²) in [6.07, 6.45) is 0.